The fourth-order valence-corrected chi connectivity index (χ4v) is 4.48. The van der Waals surface area contributed by atoms with Gasteiger partial charge < -0.3 is 24.8 Å². The van der Waals surface area contributed by atoms with Crippen LogP contribution in [0.4, 0.5) is 15.8 Å². The molecule has 2 fully saturated rings. The number of guanidine groups is 1. The monoisotopic (exact) mass is 425 g/mol. The maximum atomic E-state index is 14.1. The molecule has 1 atom stereocenters. The normalized spacial score (nSPS) is 19.6. The van der Waals surface area contributed by atoms with E-state index in [-0.39, 0.29) is 5.82 Å². The second-order valence-electron chi connectivity index (χ2n) is 8.16. The molecule has 1 N–H and O–H groups in total. The minimum absolute atomic E-state index is 0.153. The maximum Gasteiger partial charge on any atom is 0.193 e. The van der Waals surface area contributed by atoms with Crippen LogP contribution in [-0.4, -0.2) is 70.8 Å². The SMILES string of the molecule is CN=C(NCC1CCN(c2cccc(OC)c2)C1)N1CCN(c2ccccc2F)CC1. The molecule has 0 amide bonds. The van der Waals surface area contributed by atoms with Gasteiger partial charge in [0.15, 0.2) is 5.96 Å². The van der Waals surface area contributed by atoms with E-state index < -0.39 is 0 Å². The lowest BCUT2D eigenvalue weighted by atomic mass is 10.1. The lowest BCUT2D eigenvalue weighted by Crippen LogP contribution is -2.53. The summed E-state index contributed by atoms with van der Waals surface area (Å²) in [6.45, 7) is 6.21. The van der Waals surface area contributed by atoms with Crippen LogP contribution in [0.5, 0.6) is 5.75 Å². The summed E-state index contributed by atoms with van der Waals surface area (Å²) in [5.74, 6) is 2.25. The van der Waals surface area contributed by atoms with Gasteiger partial charge in [0.05, 0.1) is 12.8 Å². The van der Waals surface area contributed by atoms with E-state index in [1.807, 2.05) is 31.3 Å². The van der Waals surface area contributed by atoms with Crippen LogP contribution in [-0.2, 0) is 0 Å². The van der Waals surface area contributed by atoms with E-state index >= 15 is 0 Å². The number of methoxy groups -OCH3 is 1. The fourth-order valence-electron chi connectivity index (χ4n) is 4.48. The van der Waals surface area contributed by atoms with E-state index in [1.54, 1.807) is 13.2 Å². The molecular formula is C24H32FN5O. The summed E-state index contributed by atoms with van der Waals surface area (Å²) in [6, 6.07) is 15.3. The zero-order valence-electron chi connectivity index (χ0n) is 18.4. The third-order valence-corrected chi connectivity index (χ3v) is 6.24. The summed E-state index contributed by atoms with van der Waals surface area (Å²) < 4.78 is 19.4. The van der Waals surface area contributed by atoms with Gasteiger partial charge in [-0.2, -0.15) is 0 Å². The highest BCUT2D eigenvalue weighted by Gasteiger charge is 2.25. The molecule has 0 aliphatic carbocycles. The number of nitrogens with zero attached hydrogens (tertiary/aromatic N) is 4. The highest BCUT2D eigenvalue weighted by Crippen LogP contribution is 2.26. The second-order valence-corrected chi connectivity index (χ2v) is 8.16. The second kappa shape index (κ2) is 9.90. The molecule has 0 saturated carbocycles. The Labute approximate surface area is 184 Å². The van der Waals surface area contributed by atoms with E-state index in [2.05, 4.69) is 37.1 Å². The number of hydrogen-bond donors (Lipinski definition) is 1. The lowest BCUT2D eigenvalue weighted by Gasteiger charge is -2.38. The van der Waals surface area contributed by atoms with Gasteiger partial charge in [-0.15, -0.1) is 0 Å². The number of ether oxygens (including phenoxy) is 1. The van der Waals surface area contributed by atoms with E-state index in [0.717, 1.165) is 63.9 Å². The number of benzene rings is 2. The van der Waals surface area contributed by atoms with Crippen LogP contribution < -0.4 is 19.9 Å². The number of aliphatic imine (C=N–C) groups is 1. The van der Waals surface area contributed by atoms with Crippen LogP contribution in [0.25, 0.3) is 0 Å². The van der Waals surface area contributed by atoms with Crippen molar-refractivity contribution in [2.75, 3.05) is 69.8 Å². The zero-order chi connectivity index (χ0) is 21.6. The summed E-state index contributed by atoms with van der Waals surface area (Å²) in [5, 5.41) is 3.57. The van der Waals surface area contributed by atoms with Gasteiger partial charge in [0, 0.05) is 64.6 Å². The quantitative estimate of drug-likeness (QED) is 0.589. The molecule has 7 heteroatoms. The molecule has 2 heterocycles. The van der Waals surface area contributed by atoms with Crippen molar-refractivity contribution in [3.05, 3.63) is 54.3 Å². The van der Waals surface area contributed by atoms with Gasteiger partial charge in [-0.1, -0.05) is 18.2 Å². The third kappa shape index (κ3) is 5.03. The van der Waals surface area contributed by atoms with Crippen molar-refractivity contribution < 1.29 is 9.13 Å². The Bertz CT molecular complexity index is 897. The van der Waals surface area contributed by atoms with E-state index in [0.29, 0.717) is 11.6 Å². The van der Waals surface area contributed by atoms with Crippen LogP contribution in [0.2, 0.25) is 0 Å². The largest absolute Gasteiger partial charge is 0.497 e. The highest BCUT2D eigenvalue weighted by atomic mass is 19.1. The van der Waals surface area contributed by atoms with E-state index in [1.165, 1.54) is 11.8 Å². The molecule has 1 unspecified atom stereocenters. The Hall–Kier alpha value is -2.96. The van der Waals surface area contributed by atoms with E-state index in [9.17, 15) is 4.39 Å². The molecule has 2 saturated heterocycles. The molecule has 0 aromatic heterocycles. The molecule has 0 spiro atoms. The van der Waals surface area contributed by atoms with Crippen molar-refractivity contribution in [1.29, 1.82) is 0 Å². The van der Waals surface area contributed by atoms with Crippen molar-refractivity contribution >= 4 is 17.3 Å². The number of nitrogens with one attached hydrogen (secondary N) is 1. The summed E-state index contributed by atoms with van der Waals surface area (Å²) >= 11 is 0. The van der Waals surface area contributed by atoms with Crippen molar-refractivity contribution in [3.63, 3.8) is 0 Å². The topological polar surface area (TPSA) is 43.3 Å². The standard InChI is InChI=1S/C24H32FN5O/c1-26-24(29-14-12-28(13-15-29)23-9-4-3-8-22(23)25)27-17-19-10-11-30(18-19)20-6-5-7-21(16-20)31-2/h3-9,16,19H,10-15,17-18H2,1-2H3,(H,26,27). The number of rotatable bonds is 5. The van der Waals surface area contributed by atoms with Crippen molar-refractivity contribution in [2.45, 2.75) is 6.42 Å². The Morgan fingerprint density at radius 2 is 1.87 bits per heavy atom. The molecule has 2 aliphatic heterocycles. The minimum atomic E-state index is -0.153. The average Bonchev–Trinajstić information content (AvgIpc) is 3.29. The summed E-state index contributed by atoms with van der Waals surface area (Å²) in [7, 11) is 3.54. The van der Waals surface area contributed by atoms with Crippen LogP contribution in [0, 0.1) is 11.7 Å². The van der Waals surface area contributed by atoms with Crippen LogP contribution >= 0.6 is 0 Å². The number of anilines is 2. The molecule has 0 radical (unpaired) electrons. The Balaban J connectivity index is 1.26. The Morgan fingerprint density at radius 1 is 1.06 bits per heavy atom. The summed E-state index contributed by atoms with van der Waals surface area (Å²) in [6.07, 6.45) is 1.16. The maximum absolute atomic E-state index is 14.1. The molecule has 2 aromatic carbocycles. The fraction of sp³-hybridized carbons (Fsp3) is 0.458. The van der Waals surface area contributed by atoms with Gasteiger partial charge in [0.1, 0.15) is 11.6 Å². The number of piperazine rings is 1. The van der Waals surface area contributed by atoms with Gasteiger partial charge in [-0.25, -0.2) is 4.39 Å². The van der Waals surface area contributed by atoms with Crippen LogP contribution in [0.15, 0.2) is 53.5 Å². The van der Waals surface area contributed by atoms with Gasteiger partial charge in [0.25, 0.3) is 0 Å². The molecule has 166 valence electrons. The van der Waals surface area contributed by atoms with Gasteiger partial charge in [0.2, 0.25) is 0 Å². The summed E-state index contributed by atoms with van der Waals surface area (Å²) in [4.78, 5) is 11.3. The Kier molecular flexibility index (Phi) is 6.79. The van der Waals surface area contributed by atoms with Crippen molar-refractivity contribution in [1.82, 2.24) is 10.2 Å². The molecular weight excluding hydrogens is 393 g/mol. The molecule has 4 rings (SSSR count). The first kappa shape index (κ1) is 21.3. The van der Waals surface area contributed by atoms with Crippen molar-refractivity contribution in [3.8, 4) is 5.75 Å². The first-order valence-electron chi connectivity index (χ1n) is 11.0. The Morgan fingerprint density at radius 3 is 2.61 bits per heavy atom. The van der Waals surface area contributed by atoms with E-state index in [4.69, 9.17) is 4.74 Å². The highest BCUT2D eigenvalue weighted by molar-refractivity contribution is 5.80. The smallest absolute Gasteiger partial charge is 0.193 e. The number of halogens is 1. The average molecular weight is 426 g/mol. The van der Waals surface area contributed by atoms with Gasteiger partial charge >= 0.3 is 0 Å². The first-order valence-corrected chi connectivity index (χ1v) is 11.0. The predicted octanol–water partition coefficient (Wildman–Crippen LogP) is 3.06. The molecule has 2 aromatic rings. The predicted molar refractivity (Wildman–Crippen MR) is 125 cm³/mol. The van der Waals surface area contributed by atoms with Gasteiger partial charge in [-0.05, 0) is 36.6 Å². The zero-order valence-corrected chi connectivity index (χ0v) is 18.4. The van der Waals surface area contributed by atoms with Crippen LogP contribution in [0.1, 0.15) is 6.42 Å². The first-order chi connectivity index (χ1) is 15.2. The number of para-hydroxylation sites is 1. The summed E-state index contributed by atoms with van der Waals surface area (Å²) in [5.41, 5.74) is 1.91. The van der Waals surface area contributed by atoms with Gasteiger partial charge in [-0.3, -0.25) is 4.99 Å². The molecule has 2 aliphatic rings. The van der Waals surface area contributed by atoms with Crippen molar-refractivity contribution in [2.24, 2.45) is 10.9 Å². The lowest BCUT2D eigenvalue weighted by molar-refractivity contribution is 0.367. The molecule has 31 heavy (non-hydrogen) atoms. The molecule has 0 bridgehead atoms. The number of hydrogen-bond acceptors (Lipinski definition) is 4. The third-order valence-electron chi connectivity index (χ3n) is 6.24. The molecule has 6 nitrogen and oxygen atoms in total. The van der Waals surface area contributed by atoms with Crippen LogP contribution in [0.3, 0.4) is 0 Å². The minimum Gasteiger partial charge on any atom is -0.497 e.